The van der Waals surface area contributed by atoms with Crippen molar-refractivity contribution >= 4 is 81.8 Å². The van der Waals surface area contributed by atoms with Crippen molar-refractivity contribution in [3.63, 3.8) is 0 Å². The number of benzene rings is 3. The molecule has 6 amide bonds. The number of nitrogens with zero attached hydrogens (tertiary/aromatic N) is 1. The largest absolute Gasteiger partial charge is 0.467 e. The van der Waals surface area contributed by atoms with Gasteiger partial charge in [-0.3, -0.25) is 38.9 Å². The summed E-state index contributed by atoms with van der Waals surface area (Å²) in [5, 5.41) is 17.8. The second-order valence-electron chi connectivity index (χ2n) is 26.1. The fraction of sp³-hybridized carbons (Fsp3) is 0.584. The Kier molecular flexibility index (Phi) is 40.9. The lowest BCUT2D eigenvalue weighted by Gasteiger charge is -2.37. The predicted molar refractivity (Wildman–Crippen MR) is 398 cm³/mol. The van der Waals surface area contributed by atoms with Gasteiger partial charge in [0.1, 0.15) is 30.2 Å². The molecule has 6 N–H and O–H groups in total. The number of nitrogens with one attached hydrogen (secondary N) is 6. The SMILES string of the molecule is CCCCCCCCCCCCCCCC(=O)SC[C@H](NC(=O)[C@@H]1CCCN1C(=O)[C@H](CC(C)C)NC(=O)CNC(=O)[C@H](CCSC)NC(=O)[C@H](CSC/C=C(\C)CC/C=C(\C)CCC=C(C)C)NC(=O)CNC(c1ccccc1)(c1ccccc1)c1ccccc1)C(=O)OC. The summed E-state index contributed by atoms with van der Waals surface area (Å²) in [4.78, 5) is 113. The Morgan fingerprint density at radius 1 is 0.604 bits per heavy atom. The van der Waals surface area contributed by atoms with Crippen LogP contribution in [0.2, 0.25) is 0 Å². The first-order valence-corrected chi connectivity index (χ1v) is 38.8. The quantitative estimate of drug-likeness (QED) is 0.0134. The van der Waals surface area contributed by atoms with E-state index in [1.165, 1.54) is 110 Å². The summed E-state index contributed by atoms with van der Waals surface area (Å²) in [5.41, 5.74) is 5.68. The lowest BCUT2D eigenvalue weighted by atomic mass is 9.77. The molecule has 0 spiro atoms. The third-order valence-corrected chi connectivity index (χ3v) is 19.9. The van der Waals surface area contributed by atoms with E-state index in [4.69, 9.17) is 4.74 Å². The summed E-state index contributed by atoms with van der Waals surface area (Å²) in [6, 6.07) is 24.5. The molecule has 1 fully saturated rings. The summed E-state index contributed by atoms with van der Waals surface area (Å²) in [7, 11) is 1.22. The number of thioether (sulfide) groups is 3. The van der Waals surface area contributed by atoms with E-state index in [1.807, 2.05) is 111 Å². The van der Waals surface area contributed by atoms with E-state index in [-0.39, 0.29) is 48.5 Å². The van der Waals surface area contributed by atoms with Crippen molar-refractivity contribution in [2.45, 2.75) is 225 Å². The van der Waals surface area contributed by atoms with Crippen LogP contribution in [0.1, 0.15) is 206 Å². The number of carbonyl (C=O) groups excluding carboxylic acids is 8. The van der Waals surface area contributed by atoms with Crippen LogP contribution in [0.4, 0.5) is 0 Å². The number of hydrogen-bond acceptors (Lipinski definition) is 13. The van der Waals surface area contributed by atoms with Gasteiger partial charge < -0.3 is 36.2 Å². The van der Waals surface area contributed by atoms with Crippen LogP contribution in [-0.2, 0) is 48.6 Å². The number of unbranched alkanes of at least 4 members (excludes halogenated alkanes) is 12. The van der Waals surface area contributed by atoms with Gasteiger partial charge in [0.2, 0.25) is 35.4 Å². The average molecular weight is 1380 g/mol. The summed E-state index contributed by atoms with van der Waals surface area (Å²) in [6.07, 6.45) is 29.7. The summed E-state index contributed by atoms with van der Waals surface area (Å²) >= 11 is 3.97. The number of methoxy groups -OCH3 is 1. The average Bonchev–Trinajstić information content (AvgIpc) is 0.876. The molecular formula is C77H115N7O9S3. The Bertz CT molecular complexity index is 2810. The Morgan fingerprint density at radius 2 is 1.14 bits per heavy atom. The number of amides is 6. The number of carbonyl (C=O) groups is 8. The van der Waals surface area contributed by atoms with E-state index in [0.717, 1.165) is 79.8 Å². The molecule has 96 heavy (non-hydrogen) atoms. The van der Waals surface area contributed by atoms with Gasteiger partial charge in [-0.25, -0.2) is 4.79 Å². The molecule has 0 aromatic heterocycles. The van der Waals surface area contributed by atoms with Gasteiger partial charge in [-0.05, 0) is 120 Å². The van der Waals surface area contributed by atoms with E-state index in [2.05, 4.69) is 84.7 Å². The maximum atomic E-state index is 14.6. The molecule has 0 radical (unpaired) electrons. The number of likely N-dealkylation sites (tertiary alicyclic amines) is 1. The van der Waals surface area contributed by atoms with Crippen molar-refractivity contribution in [2.75, 3.05) is 56.0 Å². The van der Waals surface area contributed by atoms with Gasteiger partial charge >= 0.3 is 5.97 Å². The van der Waals surface area contributed by atoms with E-state index >= 15 is 0 Å². The topological polar surface area (TPSA) is 221 Å². The third kappa shape index (κ3) is 31.2. The molecule has 5 atom stereocenters. The van der Waals surface area contributed by atoms with Crippen molar-refractivity contribution in [2.24, 2.45) is 5.92 Å². The molecule has 19 heteroatoms. The maximum Gasteiger partial charge on any atom is 0.329 e. The summed E-state index contributed by atoms with van der Waals surface area (Å²) in [6.45, 7) is 14.1. The van der Waals surface area contributed by atoms with Gasteiger partial charge in [0, 0.05) is 30.2 Å². The molecule has 3 aromatic rings. The van der Waals surface area contributed by atoms with E-state index in [9.17, 15) is 38.4 Å². The first-order chi connectivity index (χ1) is 46.3. The van der Waals surface area contributed by atoms with Crippen molar-refractivity contribution < 1.29 is 43.1 Å². The second-order valence-corrected chi connectivity index (χ2v) is 29.2. The minimum absolute atomic E-state index is 0.0148. The number of hydrogen-bond donors (Lipinski definition) is 6. The molecule has 1 saturated heterocycles. The molecule has 4 rings (SSSR count). The van der Waals surface area contributed by atoms with Crippen molar-refractivity contribution in [3.05, 3.63) is 143 Å². The predicted octanol–water partition coefficient (Wildman–Crippen LogP) is 13.5. The van der Waals surface area contributed by atoms with E-state index in [1.54, 1.807) is 0 Å². The van der Waals surface area contributed by atoms with Crippen molar-refractivity contribution in [1.29, 1.82) is 0 Å². The molecule has 0 unspecified atom stereocenters. The van der Waals surface area contributed by atoms with Gasteiger partial charge in [-0.1, -0.05) is 236 Å². The van der Waals surface area contributed by atoms with E-state index in [0.29, 0.717) is 30.8 Å². The van der Waals surface area contributed by atoms with Crippen molar-refractivity contribution in [1.82, 2.24) is 36.8 Å². The molecule has 530 valence electrons. The van der Waals surface area contributed by atoms with Crippen LogP contribution in [0.25, 0.3) is 0 Å². The Labute approximate surface area is 588 Å². The maximum absolute atomic E-state index is 14.6. The van der Waals surface area contributed by atoms with Crippen LogP contribution in [0.15, 0.2) is 126 Å². The van der Waals surface area contributed by atoms with E-state index < -0.39 is 83.7 Å². The fourth-order valence-corrected chi connectivity index (χ4v) is 14.2. The highest BCUT2D eigenvalue weighted by atomic mass is 32.2. The fourth-order valence-electron chi connectivity index (χ4n) is 11.9. The van der Waals surface area contributed by atoms with Crippen LogP contribution in [0.3, 0.4) is 0 Å². The summed E-state index contributed by atoms with van der Waals surface area (Å²) < 4.78 is 5.03. The van der Waals surface area contributed by atoms with Crippen molar-refractivity contribution in [3.8, 4) is 0 Å². The van der Waals surface area contributed by atoms with Crippen LogP contribution in [0, 0.1) is 5.92 Å². The van der Waals surface area contributed by atoms with Gasteiger partial charge in [-0.2, -0.15) is 23.5 Å². The van der Waals surface area contributed by atoms with Crippen LogP contribution < -0.4 is 31.9 Å². The van der Waals surface area contributed by atoms with Crippen LogP contribution in [-0.4, -0.2) is 138 Å². The number of rotatable bonds is 48. The van der Waals surface area contributed by atoms with Crippen LogP contribution in [0.5, 0.6) is 0 Å². The standard InChI is InChI=1S/C77H115N7O9S3/c1-10-11-12-13-14-15-16-17-18-19-20-21-31-46-71(87)96-56-67(76(92)93-8)83-74(90)68-45-34-49-84(68)75(91)65(52-58(4)5)80-69(85)53-78-72(88)64(48-50-94-9)82-73(89)66(55-95-51-47-60(7)38-33-37-59(6)36-32-35-57(2)3)81-70(86)54-79-77(61-39-25-22-26-40-61,62-41-27-23-28-42-62)63-43-29-24-30-44-63/h22-30,35,37,39-44,47,58,64-68,79H,10-21,31-34,36,38,45-46,48-56H2,1-9H3,(H,78,88)(H,80,85)(H,81,86)(H,82,89)(H,83,90)/b59-37+,60-47+/t64-,65-,66-,67-,68-/m0/s1. The first-order valence-electron chi connectivity index (χ1n) is 35.3. The minimum Gasteiger partial charge on any atom is -0.467 e. The molecule has 0 saturated carbocycles. The zero-order valence-corrected chi connectivity index (χ0v) is 61.7. The first kappa shape index (κ1) is 82.3. The Balaban J connectivity index is 1.41. The molecule has 1 aliphatic rings. The minimum atomic E-state index is -1.12. The molecule has 16 nitrogen and oxygen atoms in total. The third-order valence-electron chi connectivity index (χ3n) is 17.3. The number of esters is 1. The molecule has 0 aliphatic carbocycles. The van der Waals surface area contributed by atoms with Gasteiger partial charge in [0.25, 0.3) is 0 Å². The molecule has 0 bridgehead atoms. The van der Waals surface area contributed by atoms with Gasteiger partial charge in [0.15, 0.2) is 5.12 Å². The van der Waals surface area contributed by atoms with Crippen LogP contribution >= 0.6 is 35.3 Å². The van der Waals surface area contributed by atoms with Gasteiger partial charge in [0.05, 0.1) is 25.7 Å². The molecular weight excluding hydrogens is 1260 g/mol. The Hall–Kier alpha value is -6.15. The smallest absolute Gasteiger partial charge is 0.329 e. The highest BCUT2D eigenvalue weighted by Gasteiger charge is 2.40. The van der Waals surface area contributed by atoms with Gasteiger partial charge in [-0.15, -0.1) is 0 Å². The number of allylic oxidation sites excluding steroid dienone is 5. The molecule has 3 aromatic carbocycles. The number of ether oxygens (including phenoxy) is 1. The Morgan fingerprint density at radius 3 is 1.68 bits per heavy atom. The highest BCUT2D eigenvalue weighted by Crippen LogP contribution is 2.37. The zero-order valence-electron chi connectivity index (χ0n) is 59.2. The highest BCUT2D eigenvalue weighted by molar-refractivity contribution is 8.13. The molecule has 1 heterocycles. The monoisotopic (exact) mass is 1380 g/mol. The lowest BCUT2D eigenvalue weighted by Crippen LogP contribution is -2.58. The second kappa shape index (κ2) is 47.7. The summed E-state index contributed by atoms with van der Waals surface area (Å²) in [5.74, 6) is -2.80. The zero-order chi connectivity index (χ0) is 69.9. The molecule has 1 aliphatic heterocycles. The normalized spacial score (nSPS) is 14.6. The lowest BCUT2D eigenvalue weighted by molar-refractivity contribution is -0.146.